The van der Waals surface area contributed by atoms with Crippen LogP contribution < -0.4 is 5.32 Å². The molecule has 2 aliphatic heterocycles. The van der Waals surface area contributed by atoms with Crippen LogP contribution in [-0.2, 0) is 10.3 Å². The first-order valence-corrected chi connectivity index (χ1v) is 6.40. The van der Waals surface area contributed by atoms with Crippen LogP contribution in [0.5, 0.6) is 0 Å². The maximum atomic E-state index is 14.0. The highest BCUT2D eigenvalue weighted by molar-refractivity contribution is 5.30. The summed E-state index contributed by atoms with van der Waals surface area (Å²) >= 11 is 0. The summed E-state index contributed by atoms with van der Waals surface area (Å²) in [6.07, 6.45) is 1.01. The lowest BCUT2D eigenvalue weighted by Crippen LogP contribution is -2.58. The molecule has 2 aliphatic rings. The van der Waals surface area contributed by atoms with E-state index in [1.165, 1.54) is 6.07 Å². The first kappa shape index (κ1) is 12.1. The fourth-order valence-corrected chi connectivity index (χ4v) is 3.13. The summed E-state index contributed by atoms with van der Waals surface area (Å²) in [5, 5.41) is 14.2. The highest BCUT2D eigenvalue weighted by atomic mass is 19.1. The number of morpholine rings is 1. The molecule has 0 spiro atoms. The van der Waals surface area contributed by atoms with Crippen molar-refractivity contribution in [3.05, 3.63) is 35.1 Å². The molecule has 1 aromatic rings. The van der Waals surface area contributed by atoms with Gasteiger partial charge in [0.05, 0.1) is 18.8 Å². The van der Waals surface area contributed by atoms with Crippen LogP contribution in [0.4, 0.5) is 4.39 Å². The van der Waals surface area contributed by atoms with Crippen LogP contribution >= 0.6 is 0 Å². The lowest BCUT2D eigenvalue weighted by Gasteiger charge is -2.45. The van der Waals surface area contributed by atoms with Crippen molar-refractivity contribution in [2.75, 3.05) is 13.2 Å². The van der Waals surface area contributed by atoms with Gasteiger partial charge >= 0.3 is 0 Å². The molecule has 4 heteroatoms. The van der Waals surface area contributed by atoms with Crippen molar-refractivity contribution in [2.45, 2.75) is 37.5 Å². The Morgan fingerprint density at radius 2 is 2.00 bits per heavy atom. The molecule has 98 valence electrons. The van der Waals surface area contributed by atoms with E-state index < -0.39 is 5.60 Å². The molecule has 2 heterocycles. The third-order valence-electron chi connectivity index (χ3n) is 3.90. The highest BCUT2D eigenvalue weighted by Gasteiger charge is 2.43. The van der Waals surface area contributed by atoms with Crippen molar-refractivity contribution in [3.63, 3.8) is 0 Å². The van der Waals surface area contributed by atoms with E-state index in [0.29, 0.717) is 31.6 Å². The average molecular weight is 251 g/mol. The smallest absolute Gasteiger partial charge is 0.129 e. The quantitative estimate of drug-likeness (QED) is 0.794. The molecule has 2 fully saturated rings. The van der Waals surface area contributed by atoms with Gasteiger partial charge in [0.25, 0.3) is 0 Å². The molecular formula is C14H18FNO2. The Bertz CT molecular complexity index is 451. The molecular weight excluding hydrogens is 233 g/mol. The van der Waals surface area contributed by atoms with Gasteiger partial charge in [0.1, 0.15) is 5.82 Å². The fraction of sp³-hybridized carbons (Fsp3) is 0.571. The molecule has 2 saturated heterocycles. The van der Waals surface area contributed by atoms with Crippen molar-refractivity contribution >= 4 is 0 Å². The number of hydrogen-bond acceptors (Lipinski definition) is 3. The summed E-state index contributed by atoms with van der Waals surface area (Å²) in [7, 11) is 0. The molecule has 2 unspecified atom stereocenters. The van der Waals surface area contributed by atoms with Crippen molar-refractivity contribution in [3.8, 4) is 0 Å². The molecule has 0 amide bonds. The van der Waals surface area contributed by atoms with Gasteiger partial charge in [0.2, 0.25) is 0 Å². The largest absolute Gasteiger partial charge is 0.385 e. The van der Waals surface area contributed by atoms with Gasteiger partial charge in [0, 0.05) is 17.6 Å². The Balaban J connectivity index is 1.96. The molecule has 0 aliphatic carbocycles. The summed E-state index contributed by atoms with van der Waals surface area (Å²) in [4.78, 5) is 0. The minimum atomic E-state index is -1.07. The van der Waals surface area contributed by atoms with Crippen molar-refractivity contribution in [1.82, 2.24) is 5.32 Å². The van der Waals surface area contributed by atoms with Crippen LogP contribution in [0, 0.1) is 12.7 Å². The highest BCUT2D eigenvalue weighted by Crippen LogP contribution is 2.38. The van der Waals surface area contributed by atoms with E-state index in [1.54, 1.807) is 12.1 Å². The van der Waals surface area contributed by atoms with Crippen LogP contribution in [0.1, 0.15) is 24.0 Å². The number of rotatable bonds is 1. The van der Waals surface area contributed by atoms with Gasteiger partial charge < -0.3 is 15.2 Å². The topological polar surface area (TPSA) is 41.5 Å². The van der Waals surface area contributed by atoms with E-state index in [9.17, 15) is 9.50 Å². The second-order valence-electron chi connectivity index (χ2n) is 5.52. The SMILES string of the molecule is Cc1ccc(F)c(C2(O)CC3COCC(C2)N3)c1. The Morgan fingerprint density at radius 3 is 2.67 bits per heavy atom. The predicted molar refractivity (Wildman–Crippen MR) is 65.8 cm³/mol. The monoisotopic (exact) mass is 251 g/mol. The summed E-state index contributed by atoms with van der Waals surface area (Å²) in [5.74, 6) is -0.316. The van der Waals surface area contributed by atoms with Crippen molar-refractivity contribution < 1.29 is 14.2 Å². The molecule has 3 rings (SSSR count). The number of benzene rings is 1. The molecule has 0 aromatic heterocycles. The molecule has 2 bridgehead atoms. The lowest BCUT2D eigenvalue weighted by atomic mass is 9.77. The van der Waals surface area contributed by atoms with Gasteiger partial charge in [-0.15, -0.1) is 0 Å². The third kappa shape index (κ3) is 2.05. The lowest BCUT2D eigenvalue weighted by molar-refractivity contribution is -0.0817. The summed E-state index contributed by atoms with van der Waals surface area (Å²) in [6, 6.07) is 5.16. The van der Waals surface area contributed by atoms with Gasteiger partial charge in [-0.05, 0) is 25.8 Å². The molecule has 18 heavy (non-hydrogen) atoms. The Labute approximate surface area is 106 Å². The normalized spacial score (nSPS) is 35.5. The first-order valence-electron chi connectivity index (χ1n) is 6.40. The average Bonchev–Trinajstić information content (AvgIpc) is 2.31. The summed E-state index contributed by atoms with van der Waals surface area (Å²) in [5.41, 5.74) is 0.334. The number of halogens is 1. The Hall–Kier alpha value is -0.970. The van der Waals surface area contributed by atoms with Crippen LogP contribution in [-0.4, -0.2) is 30.4 Å². The second-order valence-corrected chi connectivity index (χ2v) is 5.52. The van der Waals surface area contributed by atoms with Gasteiger partial charge in [-0.25, -0.2) is 4.39 Å². The maximum absolute atomic E-state index is 14.0. The summed E-state index contributed by atoms with van der Waals surface area (Å²) in [6.45, 7) is 3.09. The van der Waals surface area contributed by atoms with E-state index in [1.807, 2.05) is 6.92 Å². The van der Waals surface area contributed by atoms with E-state index in [4.69, 9.17) is 4.74 Å². The van der Waals surface area contributed by atoms with E-state index >= 15 is 0 Å². The molecule has 0 radical (unpaired) electrons. The number of fused-ring (bicyclic) bond motifs is 2. The van der Waals surface area contributed by atoms with Crippen molar-refractivity contribution in [1.29, 1.82) is 0 Å². The molecule has 1 aromatic carbocycles. The molecule has 2 atom stereocenters. The third-order valence-corrected chi connectivity index (χ3v) is 3.90. The predicted octanol–water partition coefficient (Wildman–Crippen LogP) is 1.47. The number of aliphatic hydroxyl groups is 1. The van der Waals surface area contributed by atoms with E-state index in [0.717, 1.165) is 5.56 Å². The van der Waals surface area contributed by atoms with Gasteiger partial charge in [0.15, 0.2) is 0 Å². The van der Waals surface area contributed by atoms with Crippen LogP contribution in [0.25, 0.3) is 0 Å². The van der Waals surface area contributed by atoms with E-state index in [2.05, 4.69) is 5.32 Å². The minimum Gasteiger partial charge on any atom is -0.385 e. The van der Waals surface area contributed by atoms with Gasteiger partial charge in [-0.3, -0.25) is 0 Å². The van der Waals surface area contributed by atoms with Crippen LogP contribution in [0.15, 0.2) is 18.2 Å². The first-order chi connectivity index (χ1) is 8.57. The number of nitrogens with one attached hydrogen (secondary N) is 1. The van der Waals surface area contributed by atoms with Crippen molar-refractivity contribution in [2.24, 2.45) is 0 Å². The molecule has 2 N–H and O–H groups in total. The number of aryl methyl sites for hydroxylation is 1. The number of hydrogen-bond donors (Lipinski definition) is 2. The zero-order valence-electron chi connectivity index (χ0n) is 10.4. The standard InChI is InChI=1S/C14H18FNO2/c1-9-2-3-13(15)12(4-9)14(17)5-10-7-18-8-11(6-14)16-10/h2-4,10-11,16-17H,5-8H2,1H3. The Kier molecular flexibility index (Phi) is 2.88. The summed E-state index contributed by atoms with van der Waals surface area (Å²) < 4.78 is 19.4. The van der Waals surface area contributed by atoms with Gasteiger partial charge in [-0.2, -0.15) is 0 Å². The maximum Gasteiger partial charge on any atom is 0.129 e. The number of piperidine rings is 1. The molecule has 0 saturated carbocycles. The number of ether oxygens (including phenoxy) is 1. The zero-order chi connectivity index (χ0) is 12.8. The zero-order valence-corrected chi connectivity index (χ0v) is 10.4. The van der Waals surface area contributed by atoms with Gasteiger partial charge in [-0.1, -0.05) is 17.7 Å². The molecule has 3 nitrogen and oxygen atoms in total. The Morgan fingerprint density at radius 1 is 1.33 bits per heavy atom. The minimum absolute atomic E-state index is 0.113. The second kappa shape index (κ2) is 4.30. The van der Waals surface area contributed by atoms with Crippen LogP contribution in [0.2, 0.25) is 0 Å². The van der Waals surface area contributed by atoms with E-state index in [-0.39, 0.29) is 17.9 Å². The fourth-order valence-electron chi connectivity index (χ4n) is 3.13. The van der Waals surface area contributed by atoms with Crippen LogP contribution in [0.3, 0.4) is 0 Å².